The van der Waals surface area contributed by atoms with Gasteiger partial charge in [0.25, 0.3) is 0 Å². The molecule has 2 aliphatic rings. The van der Waals surface area contributed by atoms with E-state index < -0.39 is 0 Å². The zero-order valence-corrected chi connectivity index (χ0v) is 17.1. The molecule has 5 heteroatoms. The van der Waals surface area contributed by atoms with Crippen LogP contribution in [0.25, 0.3) is 0 Å². The van der Waals surface area contributed by atoms with Gasteiger partial charge in [0.05, 0.1) is 24.3 Å². The summed E-state index contributed by atoms with van der Waals surface area (Å²) in [4.78, 5) is 5.07. The number of hydrogen-bond donors (Lipinski definition) is 1. The molecule has 4 rings (SSSR count). The lowest BCUT2D eigenvalue weighted by Crippen LogP contribution is -2.38. The van der Waals surface area contributed by atoms with Gasteiger partial charge in [-0.05, 0) is 49.2 Å². The fraction of sp³-hybridized carbons (Fsp3) is 0.261. The van der Waals surface area contributed by atoms with Crippen LogP contribution in [0.1, 0.15) is 30.5 Å². The molecule has 0 spiro atoms. The number of amidine groups is 1. The van der Waals surface area contributed by atoms with E-state index in [0.29, 0.717) is 12.5 Å². The van der Waals surface area contributed by atoms with E-state index in [2.05, 4.69) is 29.6 Å². The normalized spacial score (nSPS) is 23.8. The van der Waals surface area contributed by atoms with E-state index in [0.717, 1.165) is 39.2 Å². The Morgan fingerprint density at radius 2 is 1.89 bits per heavy atom. The van der Waals surface area contributed by atoms with Gasteiger partial charge >= 0.3 is 0 Å². The molecule has 1 heterocycles. The van der Waals surface area contributed by atoms with Crippen molar-refractivity contribution >= 4 is 29.0 Å². The summed E-state index contributed by atoms with van der Waals surface area (Å²) >= 11 is 12.2. The first kappa shape index (κ1) is 19.1. The number of allylic oxidation sites excluding steroid dienone is 3. The molecule has 1 unspecified atom stereocenters. The maximum Gasteiger partial charge on any atom is 0.133 e. The smallest absolute Gasteiger partial charge is 0.133 e. The Balaban J connectivity index is 1.70. The Hall–Kier alpha value is -2.23. The molecular weight excluding hydrogens is 391 g/mol. The maximum absolute atomic E-state index is 6.13. The molecule has 0 aromatic heterocycles. The first-order valence-corrected chi connectivity index (χ1v) is 10.3. The van der Waals surface area contributed by atoms with Crippen molar-refractivity contribution in [2.24, 2.45) is 10.9 Å². The number of benzene rings is 2. The number of nitrogens with zero attached hydrogens (tertiary/aromatic N) is 1. The SMILES string of the molecule is CCOc1ccccc1C1=N[C@H](c2ccc(Cl)cc2)[C@H](C2C=CC(Cl)=CC2)N1. The van der Waals surface area contributed by atoms with Crippen molar-refractivity contribution in [3.05, 3.63) is 87.9 Å². The van der Waals surface area contributed by atoms with Crippen LogP contribution in [0.4, 0.5) is 0 Å². The summed E-state index contributed by atoms with van der Waals surface area (Å²) in [5.41, 5.74) is 2.12. The van der Waals surface area contributed by atoms with E-state index >= 15 is 0 Å². The first-order chi connectivity index (χ1) is 13.7. The van der Waals surface area contributed by atoms with Gasteiger partial charge in [-0.3, -0.25) is 4.99 Å². The molecule has 1 aliphatic carbocycles. The van der Waals surface area contributed by atoms with Gasteiger partial charge in [0.2, 0.25) is 0 Å². The second kappa shape index (κ2) is 8.42. The van der Waals surface area contributed by atoms with Crippen LogP contribution in [-0.2, 0) is 0 Å². The third-order valence-electron chi connectivity index (χ3n) is 5.11. The summed E-state index contributed by atoms with van der Waals surface area (Å²) in [6.07, 6.45) is 7.10. The third kappa shape index (κ3) is 3.96. The zero-order valence-electron chi connectivity index (χ0n) is 15.6. The summed E-state index contributed by atoms with van der Waals surface area (Å²) in [5.74, 6) is 2.00. The van der Waals surface area contributed by atoms with Crippen molar-refractivity contribution in [1.82, 2.24) is 5.32 Å². The van der Waals surface area contributed by atoms with E-state index in [1.165, 1.54) is 0 Å². The molecule has 3 atom stereocenters. The van der Waals surface area contributed by atoms with Crippen LogP contribution < -0.4 is 10.1 Å². The second-order valence-electron chi connectivity index (χ2n) is 6.92. The molecule has 0 saturated heterocycles. The third-order valence-corrected chi connectivity index (χ3v) is 5.65. The highest BCUT2D eigenvalue weighted by atomic mass is 35.5. The molecule has 144 valence electrons. The minimum Gasteiger partial charge on any atom is -0.493 e. The van der Waals surface area contributed by atoms with Gasteiger partial charge in [-0.25, -0.2) is 0 Å². The molecule has 0 bridgehead atoms. The fourth-order valence-electron chi connectivity index (χ4n) is 3.74. The predicted octanol–water partition coefficient (Wildman–Crippen LogP) is 5.90. The van der Waals surface area contributed by atoms with Crippen LogP contribution >= 0.6 is 23.2 Å². The summed E-state index contributed by atoms with van der Waals surface area (Å²) in [6.45, 7) is 2.60. The van der Waals surface area contributed by atoms with E-state index in [9.17, 15) is 0 Å². The predicted molar refractivity (Wildman–Crippen MR) is 116 cm³/mol. The quantitative estimate of drug-likeness (QED) is 0.663. The fourth-order valence-corrected chi connectivity index (χ4v) is 4.03. The highest BCUT2D eigenvalue weighted by Gasteiger charge is 2.36. The molecule has 0 saturated carbocycles. The van der Waals surface area contributed by atoms with Crippen LogP contribution in [0.15, 0.2) is 76.8 Å². The van der Waals surface area contributed by atoms with Crippen LogP contribution in [0.5, 0.6) is 5.75 Å². The Labute approximate surface area is 175 Å². The average Bonchev–Trinajstić information content (AvgIpc) is 3.15. The first-order valence-electron chi connectivity index (χ1n) is 9.51. The molecule has 2 aromatic carbocycles. The average molecular weight is 413 g/mol. The lowest BCUT2D eigenvalue weighted by Gasteiger charge is -2.27. The van der Waals surface area contributed by atoms with Gasteiger partial charge < -0.3 is 10.1 Å². The van der Waals surface area contributed by atoms with Crippen LogP contribution in [-0.4, -0.2) is 18.5 Å². The molecular formula is C23H22Cl2N2O. The van der Waals surface area contributed by atoms with Crippen molar-refractivity contribution in [2.45, 2.75) is 25.4 Å². The summed E-state index contributed by atoms with van der Waals surface area (Å²) in [6, 6.07) is 16.1. The van der Waals surface area contributed by atoms with Gasteiger partial charge in [-0.2, -0.15) is 0 Å². The van der Waals surface area contributed by atoms with Crippen LogP contribution in [0, 0.1) is 5.92 Å². The van der Waals surface area contributed by atoms with Gasteiger partial charge in [0.15, 0.2) is 0 Å². The van der Waals surface area contributed by atoms with Crippen LogP contribution in [0.2, 0.25) is 5.02 Å². The van der Waals surface area contributed by atoms with E-state index in [-0.39, 0.29) is 12.1 Å². The van der Waals surface area contributed by atoms with Crippen molar-refractivity contribution in [3.63, 3.8) is 0 Å². The monoisotopic (exact) mass is 412 g/mol. The Bertz CT molecular complexity index is 934. The topological polar surface area (TPSA) is 33.6 Å². The van der Waals surface area contributed by atoms with Crippen molar-refractivity contribution < 1.29 is 4.74 Å². The van der Waals surface area contributed by atoms with E-state index in [1.54, 1.807) is 0 Å². The second-order valence-corrected chi connectivity index (χ2v) is 7.79. The minimum absolute atomic E-state index is 0.0122. The standard InChI is InChI=1S/C23H22Cl2N2O/c1-2-28-20-6-4-3-5-19(20)23-26-21(15-7-11-17(24)12-8-15)22(27-23)16-9-13-18(25)14-10-16/h3-9,11-14,16,21-22H,2,10H2,1H3,(H,26,27)/t16?,21-,22+/m1/s1. The number of ether oxygens (including phenoxy) is 1. The zero-order chi connectivity index (χ0) is 19.5. The Kier molecular flexibility index (Phi) is 5.74. The maximum atomic E-state index is 6.13. The highest BCUT2D eigenvalue weighted by Crippen LogP contribution is 2.36. The molecule has 2 aromatic rings. The lowest BCUT2D eigenvalue weighted by molar-refractivity contribution is 0.339. The largest absolute Gasteiger partial charge is 0.493 e. The number of para-hydroxylation sites is 1. The van der Waals surface area contributed by atoms with Crippen molar-refractivity contribution in [1.29, 1.82) is 0 Å². The highest BCUT2D eigenvalue weighted by molar-refractivity contribution is 6.31. The lowest BCUT2D eigenvalue weighted by atomic mass is 9.86. The molecule has 3 nitrogen and oxygen atoms in total. The summed E-state index contributed by atoms with van der Waals surface area (Å²) in [5, 5.41) is 5.19. The van der Waals surface area contributed by atoms with Crippen LogP contribution in [0.3, 0.4) is 0 Å². The molecule has 0 fully saturated rings. The van der Waals surface area contributed by atoms with Gasteiger partial charge in [0.1, 0.15) is 11.6 Å². The number of rotatable bonds is 5. The van der Waals surface area contributed by atoms with Gasteiger partial charge in [-0.1, -0.05) is 59.6 Å². The Morgan fingerprint density at radius 1 is 1.11 bits per heavy atom. The van der Waals surface area contributed by atoms with Gasteiger partial charge in [-0.15, -0.1) is 0 Å². The molecule has 1 N–H and O–H groups in total. The molecule has 0 amide bonds. The Morgan fingerprint density at radius 3 is 2.61 bits per heavy atom. The summed E-state index contributed by atoms with van der Waals surface area (Å²) in [7, 11) is 0. The van der Waals surface area contributed by atoms with E-state index in [4.69, 9.17) is 32.9 Å². The number of hydrogen-bond acceptors (Lipinski definition) is 3. The van der Waals surface area contributed by atoms with Crippen molar-refractivity contribution in [2.75, 3.05) is 6.61 Å². The van der Waals surface area contributed by atoms with Crippen molar-refractivity contribution in [3.8, 4) is 5.75 Å². The number of aliphatic imine (C=N–C) groups is 1. The number of halogens is 2. The molecule has 1 aliphatic heterocycles. The van der Waals surface area contributed by atoms with Gasteiger partial charge in [0, 0.05) is 16.0 Å². The summed E-state index contributed by atoms with van der Waals surface area (Å²) < 4.78 is 5.82. The number of nitrogens with one attached hydrogen (secondary N) is 1. The molecule has 0 radical (unpaired) electrons. The molecule has 28 heavy (non-hydrogen) atoms. The van der Waals surface area contributed by atoms with E-state index in [1.807, 2.05) is 49.4 Å². The minimum atomic E-state index is -0.0122.